The molecule has 0 unspecified atom stereocenters. The first-order valence-corrected chi connectivity index (χ1v) is 7.08. The van der Waals surface area contributed by atoms with Crippen molar-refractivity contribution in [1.82, 2.24) is 5.48 Å². The lowest BCUT2D eigenvalue weighted by Crippen LogP contribution is -2.42. The number of benzene rings is 1. The zero-order valence-electron chi connectivity index (χ0n) is 13.4. The Bertz CT molecular complexity index is 536. The van der Waals surface area contributed by atoms with Gasteiger partial charge in [-0.1, -0.05) is 39.8 Å². The number of rotatable bonds is 6. The van der Waals surface area contributed by atoms with E-state index in [4.69, 9.17) is 10.3 Å². The minimum atomic E-state index is -0.879. The molecule has 0 bridgehead atoms. The van der Waals surface area contributed by atoms with E-state index in [9.17, 15) is 9.59 Å². The highest BCUT2D eigenvalue weighted by Crippen LogP contribution is 2.34. The Hall–Kier alpha value is -1.92. The first-order chi connectivity index (χ1) is 10.1. The van der Waals surface area contributed by atoms with Crippen molar-refractivity contribution < 1.29 is 19.9 Å². The maximum Gasteiger partial charge on any atom is 0.249 e. The molecule has 2 amide bonds. The van der Waals surface area contributed by atoms with Gasteiger partial charge >= 0.3 is 0 Å². The number of anilines is 1. The van der Waals surface area contributed by atoms with Gasteiger partial charge in [0.1, 0.15) is 0 Å². The monoisotopic (exact) mass is 308 g/mol. The second kappa shape index (κ2) is 6.89. The van der Waals surface area contributed by atoms with Crippen LogP contribution in [0.15, 0.2) is 24.3 Å². The standard InChI is InChI=1S/C16H24N2O4/c1-15(2,10-16(3,4)14(21)18-22)13(20)17-12-7-5-11(9-19)6-8-12/h5-8,19,22H,9-10H2,1-4H3,(H,17,20)(H,18,21). The van der Waals surface area contributed by atoms with Gasteiger partial charge in [-0.25, -0.2) is 5.48 Å². The Labute approximate surface area is 130 Å². The average Bonchev–Trinajstić information content (AvgIpc) is 2.46. The molecule has 6 nitrogen and oxygen atoms in total. The molecule has 0 aliphatic heterocycles. The molecule has 4 N–H and O–H groups in total. The van der Waals surface area contributed by atoms with Gasteiger partial charge in [-0.3, -0.25) is 14.8 Å². The third kappa shape index (κ3) is 4.54. The topological polar surface area (TPSA) is 98.7 Å². The highest BCUT2D eigenvalue weighted by molar-refractivity contribution is 5.95. The summed E-state index contributed by atoms with van der Waals surface area (Å²) in [6.45, 7) is 6.78. The van der Waals surface area contributed by atoms with Crippen LogP contribution in [0.25, 0.3) is 0 Å². The van der Waals surface area contributed by atoms with Crippen molar-refractivity contribution >= 4 is 17.5 Å². The van der Waals surface area contributed by atoms with E-state index in [1.165, 1.54) is 0 Å². The number of hydrogen-bond acceptors (Lipinski definition) is 4. The Kier molecular flexibility index (Phi) is 5.68. The normalized spacial score (nSPS) is 11.9. The van der Waals surface area contributed by atoms with E-state index >= 15 is 0 Å². The molecule has 6 heteroatoms. The zero-order valence-corrected chi connectivity index (χ0v) is 13.4. The van der Waals surface area contributed by atoms with Crippen LogP contribution in [0.1, 0.15) is 39.7 Å². The van der Waals surface area contributed by atoms with Crippen molar-refractivity contribution in [3.8, 4) is 0 Å². The van der Waals surface area contributed by atoms with Crippen LogP contribution in [-0.4, -0.2) is 22.1 Å². The molecule has 22 heavy (non-hydrogen) atoms. The lowest BCUT2D eigenvalue weighted by atomic mass is 9.74. The molecule has 0 radical (unpaired) electrons. The van der Waals surface area contributed by atoms with Crippen LogP contribution in [0.5, 0.6) is 0 Å². The third-order valence-electron chi connectivity index (χ3n) is 3.61. The van der Waals surface area contributed by atoms with Crippen LogP contribution in [0.4, 0.5) is 5.69 Å². The summed E-state index contributed by atoms with van der Waals surface area (Å²) in [5.41, 5.74) is 1.34. The summed E-state index contributed by atoms with van der Waals surface area (Å²) in [5, 5.41) is 20.6. The van der Waals surface area contributed by atoms with Crippen LogP contribution in [0.3, 0.4) is 0 Å². The highest BCUT2D eigenvalue weighted by atomic mass is 16.5. The molecule has 0 spiro atoms. The molecule has 122 valence electrons. The molecule has 0 aliphatic rings. The van der Waals surface area contributed by atoms with E-state index in [0.29, 0.717) is 5.69 Å². The van der Waals surface area contributed by atoms with E-state index in [-0.39, 0.29) is 18.9 Å². The maximum absolute atomic E-state index is 12.4. The van der Waals surface area contributed by atoms with Crippen molar-refractivity contribution in [3.63, 3.8) is 0 Å². The minimum Gasteiger partial charge on any atom is -0.392 e. The van der Waals surface area contributed by atoms with Crippen molar-refractivity contribution in [1.29, 1.82) is 0 Å². The lowest BCUT2D eigenvalue weighted by Gasteiger charge is -2.32. The van der Waals surface area contributed by atoms with Crippen molar-refractivity contribution in [2.75, 3.05) is 5.32 Å². The Morgan fingerprint density at radius 2 is 1.50 bits per heavy atom. The van der Waals surface area contributed by atoms with Gasteiger partial charge in [0.25, 0.3) is 0 Å². The molecule has 0 saturated carbocycles. The summed E-state index contributed by atoms with van der Waals surface area (Å²) < 4.78 is 0. The molecule has 1 aromatic carbocycles. The second-order valence-corrected chi connectivity index (χ2v) is 6.69. The van der Waals surface area contributed by atoms with Crippen LogP contribution in [-0.2, 0) is 16.2 Å². The van der Waals surface area contributed by atoms with Crippen molar-refractivity contribution in [2.24, 2.45) is 10.8 Å². The van der Waals surface area contributed by atoms with Crippen molar-refractivity contribution in [3.05, 3.63) is 29.8 Å². The quantitative estimate of drug-likeness (QED) is 0.477. The number of hydrogen-bond donors (Lipinski definition) is 4. The van der Waals surface area contributed by atoms with E-state index in [1.54, 1.807) is 57.4 Å². The number of aliphatic hydroxyl groups is 1. The smallest absolute Gasteiger partial charge is 0.249 e. The second-order valence-electron chi connectivity index (χ2n) is 6.69. The third-order valence-corrected chi connectivity index (χ3v) is 3.61. The fraction of sp³-hybridized carbons (Fsp3) is 0.500. The van der Waals surface area contributed by atoms with Crippen molar-refractivity contribution in [2.45, 2.75) is 40.7 Å². The number of carbonyl (C=O) groups is 2. The number of carbonyl (C=O) groups excluding carboxylic acids is 2. The van der Waals surface area contributed by atoms with Gasteiger partial charge in [0.15, 0.2) is 0 Å². The average molecular weight is 308 g/mol. The molecular weight excluding hydrogens is 284 g/mol. The van der Waals surface area contributed by atoms with E-state index < -0.39 is 16.7 Å². The zero-order chi connectivity index (χ0) is 17.0. The van der Waals surface area contributed by atoms with E-state index in [0.717, 1.165) is 5.56 Å². The first kappa shape index (κ1) is 18.1. The predicted octanol–water partition coefficient (Wildman–Crippen LogP) is 2.07. The van der Waals surface area contributed by atoms with Gasteiger partial charge in [0.2, 0.25) is 11.8 Å². The molecule has 1 rings (SSSR count). The highest BCUT2D eigenvalue weighted by Gasteiger charge is 2.38. The Balaban J connectivity index is 2.79. The fourth-order valence-corrected chi connectivity index (χ4v) is 2.41. The molecule has 0 heterocycles. The molecular formula is C16H24N2O4. The summed E-state index contributed by atoms with van der Waals surface area (Å²) >= 11 is 0. The minimum absolute atomic E-state index is 0.0514. The predicted molar refractivity (Wildman–Crippen MR) is 83.1 cm³/mol. The summed E-state index contributed by atoms with van der Waals surface area (Å²) in [4.78, 5) is 24.1. The Morgan fingerprint density at radius 1 is 1.00 bits per heavy atom. The largest absolute Gasteiger partial charge is 0.392 e. The SMILES string of the molecule is CC(C)(CC(C)(C)C(=O)Nc1ccc(CO)cc1)C(=O)NO. The summed E-state index contributed by atoms with van der Waals surface area (Å²) in [5.74, 6) is -0.747. The van der Waals surface area contributed by atoms with Gasteiger partial charge in [-0.2, -0.15) is 0 Å². The van der Waals surface area contributed by atoms with Gasteiger partial charge in [-0.05, 0) is 24.1 Å². The number of amides is 2. The fourth-order valence-electron chi connectivity index (χ4n) is 2.41. The summed E-state index contributed by atoms with van der Waals surface area (Å²) in [6.07, 6.45) is 0.271. The molecule has 0 atom stereocenters. The molecule has 0 saturated heterocycles. The van der Waals surface area contributed by atoms with Crippen LogP contribution < -0.4 is 10.8 Å². The number of nitrogens with one attached hydrogen (secondary N) is 2. The van der Waals surface area contributed by atoms with E-state index in [2.05, 4.69) is 5.32 Å². The molecule has 0 fully saturated rings. The van der Waals surface area contributed by atoms with Gasteiger partial charge < -0.3 is 10.4 Å². The summed E-state index contributed by atoms with van der Waals surface area (Å²) in [6, 6.07) is 6.88. The molecule has 0 aromatic heterocycles. The molecule has 1 aromatic rings. The van der Waals surface area contributed by atoms with Crippen LogP contribution in [0, 0.1) is 10.8 Å². The first-order valence-electron chi connectivity index (χ1n) is 7.08. The summed E-state index contributed by atoms with van der Waals surface area (Å²) in [7, 11) is 0. The lowest BCUT2D eigenvalue weighted by molar-refractivity contribution is -0.141. The number of aliphatic hydroxyl groups excluding tert-OH is 1. The Morgan fingerprint density at radius 3 is 1.95 bits per heavy atom. The van der Waals surface area contributed by atoms with Gasteiger partial charge in [0.05, 0.1) is 6.61 Å². The van der Waals surface area contributed by atoms with Crippen LogP contribution in [0.2, 0.25) is 0 Å². The van der Waals surface area contributed by atoms with Gasteiger partial charge in [0, 0.05) is 16.5 Å². The maximum atomic E-state index is 12.4. The van der Waals surface area contributed by atoms with Crippen LogP contribution >= 0.6 is 0 Å². The number of hydroxylamine groups is 1. The molecule has 0 aliphatic carbocycles. The van der Waals surface area contributed by atoms with Gasteiger partial charge in [-0.15, -0.1) is 0 Å². The van der Waals surface area contributed by atoms with E-state index in [1.807, 2.05) is 0 Å².